The van der Waals surface area contributed by atoms with Crippen molar-refractivity contribution in [3.05, 3.63) is 42.1 Å². The lowest BCUT2D eigenvalue weighted by atomic mass is 10.00. The van der Waals surface area contributed by atoms with Crippen molar-refractivity contribution in [1.29, 1.82) is 0 Å². The van der Waals surface area contributed by atoms with Crippen molar-refractivity contribution in [3.8, 4) is 5.75 Å². The van der Waals surface area contributed by atoms with Gasteiger partial charge in [0.25, 0.3) is 5.91 Å². The summed E-state index contributed by atoms with van der Waals surface area (Å²) in [7, 11) is 1.63. The fraction of sp³-hybridized carbons (Fsp3) is 0.389. The van der Waals surface area contributed by atoms with E-state index in [1.807, 2.05) is 29.2 Å². The van der Waals surface area contributed by atoms with Crippen molar-refractivity contribution in [2.45, 2.75) is 19.8 Å². The van der Waals surface area contributed by atoms with Gasteiger partial charge < -0.3 is 15.0 Å². The van der Waals surface area contributed by atoms with Gasteiger partial charge in [-0.3, -0.25) is 4.79 Å². The highest BCUT2D eigenvalue weighted by atomic mass is 16.5. The number of piperidine rings is 1. The first-order chi connectivity index (χ1) is 11.7. The molecule has 1 aromatic heterocycles. The number of benzene rings is 1. The minimum absolute atomic E-state index is 0.0370. The molecule has 1 aromatic carbocycles. The fourth-order valence-corrected chi connectivity index (χ4v) is 2.87. The molecule has 1 aliphatic rings. The highest BCUT2D eigenvalue weighted by Gasteiger charge is 2.23. The third-order valence-corrected chi connectivity index (χ3v) is 4.19. The molecule has 1 amide bonds. The lowest BCUT2D eigenvalue weighted by molar-refractivity contribution is 0.0676. The number of aromatic nitrogens is 2. The van der Waals surface area contributed by atoms with E-state index in [2.05, 4.69) is 22.4 Å². The Bertz CT molecular complexity index is 685. The molecule has 1 N–H and O–H groups in total. The lowest BCUT2D eigenvalue weighted by Crippen LogP contribution is -2.39. The number of rotatable bonds is 4. The van der Waals surface area contributed by atoms with E-state index in [9.17, 15) is 4.79 Å². The molecule has 1 saturated heterocycles. The number of likely N-dealkylation sites (tertiary alicyclic amines) is 1. The maximum absolute atomic E-state index is 12.5. The van der Waals surface area contributed by atoms with Gasteiger partial charge in [0.2, 0.25) is 0 Å². The van der Waals surface area contributed by atoms with Crippen LogP contribution in [0.4, 0.5) is 11.5 Å². The zero-order chi connectivity index (χ0) is 16.9. The third-order valence-electron chi connectivity index (χ3n) is 4.19. The van der Waals surface area contributed by atoms with E-state index in [-0.39, 0.29) is 5.91 Å². The van der Waals surface area contributed by atoms with E-state index in [0.29, 0.717) is 17.4 Å². The molecule has 0 aliphatic carbocycles. The number of amides is 1. The monoisotopic (exact) mass is 326 g/mol. The minimum Gasteiger partial charge on any atom is -0.497 e. The van der Waals surface area contributed by atoms with E-state index in [0.717, 1.165) is 30.9 Å². The average Bonchev–Trinajstić information content (AvgIpc) is 2.62. The Balaban J connectivity index is 1.65. The summed E-state index contributed by atoms with van der Waals surface area (Å²) < 4.78 is 5.13. The zero-order valence-electron chi connectivity index (χ0n) is 14.0. The smallest absolute Gasteiger partial charge is 0.274 e. The molecule has 1 unspecified atom stereocenters. The van der Waals surface area contributed by atoms with Crippen molar-refractivity contribution < 1.29 is 9.53 Å². The van der Waals surface area contributed by atoms with Crippen LogP contribution in [-0.4, -0.2) is 41.2 Å². The predicted molar refractivity (Wildman–Crippen MR) is 92.6 cm³/mol. The van der Waals surface area contributed by atoms with Gasteiger partial charge in [0, 0.05) is 18.8 Å². The van der Waals surface area contributed by atoms with E-state index >= 15 is 0 Å². The summed E-state index contributed by atoms with van der Waals surface area (Å²) in [6.45, 7) is 3.77. The van der Waals surface area contributed by atoms with Crippen LogP contribution in [0.1, 0.15) is 30.3 Å². The van der Waals surface area contributed by atoms with Crippen molar-refractivity contribution in [1.82, 2.24) is 15.1 Å². The van der Waals surface area contributed by atoms with Gasteiger partial charge in [-0.1, -0.05) is 6.92 Å². The Morgan fingerprint density at radius 3 is 2.62 bits per heavy atom. The molecular formula is C18H22N4O2. The Labute approximate surface area is 141 Å². The first kappa shape index (κ1) is 16.2. The molecule has 24 heavy (non-hydrogen) atoms. The Hall–Kier alpha value is -2.63. The summed E-state index contributed by atoms with van der Waals surface area (Å²) in [4.78, 5) is 14.3. The maximum atomic E-state index is 12.5. The summed E-state index contributed by atoms with van der Waals surface area (Å²) in [5.74, 6) is 1.91. The van der Waals surface area contributed by atoms with Crippen molar-refractivity contribution in [2.24, 2.45) is 5.92 Å². The third kappa shape index (κ3) is 3.82. The molecule has 2 aromatic rings. The highest BCUT2D eigenvalue weighted by molar-refractivity contribution is 5.92. The van der Waals surface area contributed by atoms with E-state index in [1.165, 1.54) is 6.42 Å². The van der Waals surface area contributed by atoms with Crippen LogP contribution < -0.4 is 10.1 Å². The van der Waals surface area contributed by atoms with Crippen LogP contribution >= 0.6 is 0 Å². The molecule has 0 radical (unpaired) electrons. The number of anilines is 2. The minimum atomic E-state index is -0.0370. The van der Waals surface area contributed by atoms with E-state index < -0.39 is 0 Å². The second kappa shape index (κ2) is 7.29. The molecule has 1 aliphatic heterocycles. The first-order valence-corrected chi connectivity index (χ1v) is 8.20. The van der Waals surface area contributed by atoms with E-state index in [4.69, 9.17) is 4.74 Å². The quantitative estimate of drug-likeness (QED) is 0.935. The Morgan fingerprint density at radius 2 is 2.00 bits per heavy atom. The van der Waals surface area contributed by atoms with Crippen LogP contribution in [0.15, 0.2) is 36.4 Å². The number of nitrogens with one attached hydrogen (secondary N) is 1. The van der Waals surface area contributed by atoms with Crippen LogP contribution in [0.2, 0.25) is 0 Å². The van der Waals surface area contributed by atoms with Crippen LogP contribution in [0.25, 0.3) is 0 Å². The summed E-state index contributed by atoms with van der Waals surface area (Å²) in [6.07, 6.45) is 2.23. The molecule has 3 rings (SSSR count). The number of carbonyl (C=O) groups is 1. The molecule has 1 fully saturated rings. The maximum Gasteiger partial charge on any atom is 0.274 e. The SMILES string of the molecule is COc1ccc(Nc2ccc(C(=O)N3CCCC(C)C3)nn2)cc1. The molecule has 2 heterocycles. The van der Waals surface area contributed by atoms with Gasteiger partial charge in [0.05, 0.1) is 7.11 Å². The molecular weight excluding hydrogens is 304 g/mol. The Kier molecular flexibility index (Phi) is 4.93. The number of carbonyl (C=O) groups excluding carboxylic acids is 1. The highest BCUT2D eigenvalue weighted by Crippen LogP contribution is 2.20. The summed E-state index contributed by atoms with van der Waals surface area (Å²) >= 11 is 0. The standard InChI is InChI=1S/C18H22N4O2/c1-13-4-3-11-22(12-13)18(23)16-9-10-17(21-20-16)19-14-5-7-15(24-2)8-6-14/h5-10,13H,3-4,11-12H2,1-2H3,(H,19,21). The first-order valence-electron chi connectivity index (χ1n) is 8.20. The summed E-state index contributed by atoms with van der Waals surface area (Å²) in [6, 6.07) is 11.0. The molecule has 0 spiro atoms. The van der Waals surface area contributed by atoms with Gasteiger partial charge in [0.1, 0.15) is 5.75 Å². The number of ether oxygens (including phenoxy) is 1. The van der Waals surface area contributed by atoms with Gasteiger partial charge in [-0.05, 0) is 55.2 Å². The molecule has 6 heteroatoms. The van der Waals surface area contributed by atoms with Crippen molar-refractivity contribution in [2.75, 3.05) is 25.5 Å². The molecule has 6 nitrogen and oxygen atoms in total. The van der Waals surface area contributed by atoms with Crippen LogP contribution in [0.3, 0.4) is 0 Å². The number of nitrogens with zero attached hydrogens (tertiary/aromatic N) is 3. The van der Waals surface area contributed by atoms with Crippen LogP contribution in [0.5, 0.6) is 5.75 Å². The van der Waals surface area contributed by atoms with Gasteiger partial charge in [-0.25, -0.2) is 0 Å². The van der Waals surface area contributed by atoms with Crippen molar-refractivity contribution >= 4 is 17.4 Å². The fourth-order valence-electron chi connectivity index (χ4n) is 2.87. The van der Waals surface area contributed by atoms with Gasteiger partial charge in [0.15, 0.2) is 11.5 Å². The molecule has 0 saturated carbocycles. The molecule has 1 atom stereocenters. The Morgan fingerprint density at radius 1 is 1.21 bits per heavy atom. The number of hydrogen-bond donors (Lipinski definition) is 1. The largest absolute Gasteiger partial charge is 0.497 e. The molecule has 126 valence electrons. The second-order valence-electron chi connectivity index (χ2n) is 6.16. The second-order valence-corrected chi connectivity index (χ2v) is 6.16. The van der Waals surface area contributed by atoms with Gasteiger partial charge in [-0.2, -0.15) is 0 Å². The average molecular weight is 326 g/mol. The zero-order valence-corrected chi connectivity index (χ0v) is 14.0. The van der Waals surface area contributed by atoms with Crippen LogP contribution in [0, 0.1) is 5.92 Å². The number of methoxy groups -OCH3 is 1. The predicted octanol–water partition coefficient (Wildman–Crippen LogP) is 3.10. The van der Waals surface area contributed by atoms with Gasteiger partial charge in [-0.15, -0.1) is 10.2 Å². The van der Waals surface area contributed by atoms with Gasteiger partial charge >= 0.3 is 0 Å². The van der Waals surface area contributed by atoms with Crippen molar-refractivity contribution in [3.63, 3.8) is 0 Å². The topological polar surface area (TPSA) is 67.3 Å². The van der Waals surface area contributed by atoms with E-state index in [1.54, 1.807) is 19.2 Å². The molecule has 0 bridgehead atoms. The summed E-state index contributed by atoms with van der Waals surface area (Å²) in [5.41, 5.74) is 1.28. The van der Waals surface area contributed by atoms with Crippen LogP contribution in [-0.2, 0) is 0 Å². The normalized spacial score (nSPS) is 17.4. The summed E-state index contributed by atoms with van der Waals surface area (Å²) in [5, 5.41) is 11.3. The lowest BCUT2D eigenvalue weighted by Gasteiger charge is -2.30. The number of hydrogen-bond acceptors (Lipinski definition) is 5.